The molecular weight excluding hydrogens is 244 g/mol. The van der Waals surface area contributed by atoms with Gasteiger partial charge in [0.05, 0.1) is 0 Å². The maximum atomic E-state index is 12.2. The van der Waals surface area contributed by atoms with Gasteiger partial charge in [0.2, 0.25) is 0 Å². The number of rotatable bonds is 7. The van der Waals surface area contributed by atoms with E-state index in [4.69, 9.17) is 5.11 Å². The summed E-state index contributed by atoms with van der Waals surface area (Å²) in [6.07, 6.45) is 2.80. The number of carboxylic acids is 1. The van der Waals surface area contributed by atoms with Crippen LogP contribution in [0.25, 0.3) is 0 Å². The van der Waals surface area contributed by atoms with Crippen molar-refractivity contribution in [2.45, 2.75) is 59.0 Å². The Balaban J connectivity index is 2.58. The number of nitrogens with zero attached hydrogens (tertiary/aromatic N) is 1. The zero-order chi connectivity index (χ0) is 14.6. The van der Waals surface area contributed by atoms with E-state index in [1.165, 1.54) is 12.8 Å². The maximum Gasteiger partial charge on any atom is 0.326 e. The zero-order valence-corrected chi connectivity index (χ0v) is 12.3. The highest BCUT2D eigenvalue weighted by Gasteiger charge is 2.30. The third-order valence-electron chi connectivity index (χ3n) is 3.34. The molecule has 0 aromatic carbocycles. The van der Waals surface area contributed by atoms with E-state index in [0.29, 0.717) is 12.3 Å². The Morgan fingerprint density at radius 1 is 1.26 bits per heavy atom. The van der Waals surface area contributed by atoms with Gasteiger partial charge in [-0.05, 0) is 44.9 Å². The molecule has 0 spiro atoms. The van der Waals surface area contributed by atoms with Crippen LogP contribution < -0.4 is 5.32 Å². The summed E-state index contributed by atoms with van der Waals surface area (Å²) in [7, 11) is 0. The maximum absolute atomic E-state index is 12.2. The number of carboxylic acid groups (broad SMARTS) is 1. The van der Waals surface area contributed by atoms with Crippen LogP contribution in [0.5, 0.6) is 0 Å². The molecule has 0 aromatic rings. The number of hydrogen-bond donors (Lipinski definition) is 2. The summed E-state index contributed by atoms with van der Waals surface area (Å²) in [6.45, 7) is 8.55. The van der Waals surface area contributed by atoms with E-state index in [1.54, 1.807) is 4.90 Å². The molecule has 0 bridgehead atoms. The minimum atomic E-state index is -0.961. The average molecular weight is 270 g/mol. The molecule has 0 unspecified atom stereocenters. The van der Waals surface area contributed by atoms with Gasteiger partial charge in [-0.2, -0.15) is 0 Å². The molecule has 0 aliphatic heterocycles. The van der Waals surface area contributed by atoms with Crippen molar-refractivity contribution in [2.24, 2.45) is 11.8 Å². The van der Waals surface area contributed by atoms with Gasteiger partial charge in [0.1, 0.15) is 6.04 Å². The first-order valence-corrected chi connectivity index (χ1v) is 7.11. The van der Waals surface area contributed by atoms with Crippen LogP contribution in [0.1, 0.15) is 47.0 Å². The molecule has 0 saturated heterocycles. The van der Waals surface area contributed by atoms with Crippen LogP contribution in [0.4, 0.5) is 4.79 Å². The molecule has 19 heavy (non-hydrogen) atoms. The number of carbonyl (C=O) groups is 2. The Morgan fingerprint density at radius 3 is 2.21 bits per heavy atom. The van der Waals surface area contributed by atoms with Crippen molar-refractivity contribution in [1.29, 1.82) is 0 Å². The molecule has 5 heteroatoms. The van der Waals surface area contributed by atoms with Crippen LogP contribution in [0.3, 0.4) is 0 Å². The normalized spacial score (nSPS) is 16.5. The van der Waals surface area contributed by atoms with Gasteiger partial charge in [0.25, 0.3) is 0 Å². The fourth-order valence-electron chi connectivity index (χ4n) is 2.03. The van der Waals surface area contributed by atoms with Gasteiger partial charge < -0.3 is 15.3 Å². The van der Waals surface area contributed by atoms with Crippen LogP contribution in [0, 0.1) is 11.8 Å². The number of nitrogens with one attached hydrogen (secondary N) is 1. The number of carbonyl (C=O) groups excluding carboxylic acids is 1. The molecule has 1 saturated carbocycles. The fraction of sp³-hybridized carbons (Fsp3) is 0.857. The molecule has 1 aliphatic rings. The van der Waals surface area contributed by atoms with Crippen LogP contribution >= 0.6 is 0 Å². The van der Waals surface area contributed by atoms with Crippen LogP contribution in [-0.2, 0) is 4.79 Å². The molecule has 1 fully saturated rings. The predicted molar refractivity (Wildman–Crippen MR) is 74.0 cm³/mol. The average Bonchev–Trinajstić information content (AvgIpc) is 3.07. The first-order valence-electron chi connectivity index (χ1n) is 7.11. The van der Waals surface area contributed by atoms with Gasteiger partial charge in [0.15, 0.2) is 0 Å². The summed E-state index contributed by atoms with van der Waals surface area (Å²) >= 11 is 0. The Kier molecular flexibility index (Phi) is 5.63. The minimum Gasteiger partial charge on any atom is -0.480 e. The van der Waals surface area contributed by atoms with Crippen molar-refractivity contribution in [3.63, 3.8) is 0 Å². The van der Waals surface area contributed by atoms with Crippen molar-refractivity contribution in [3.8, 4) is 0 Å². The molecule has 2 N–H and O–H groups in total. The molecule has 1 aliphatic carbocycles. The molecule has 1 rings (SSSR count). The van der Waals surface area contributed by atoms with Crippen LogP contribution in [0.2, 0.25) is 0 Å². The SMILES string of the molecule is CC(C)C[C@@H](NC(=O)N(CC1CC1)C(C)C)C(=O)O. The lowest BCUT2D eigenvalue weighted by Gasteiger charge is -2.29. The summed E-state index contributed by atoms with van der Waals surface area (Å²) in [4.78, 5) is 25.1. The minimum absolute atomic E-state index is 0.0918. The summed E-state index contributed by atoms with van der Waals surface area (Å²) in [5, 5.41) is 11.8. The van der Waals surface area contributed by atoms with Gasteiger partial charge in [-0.15, -0.1) is 0 Å². The molecule has 110 valence electrons. The largest absolute Gasteiger partial charge is 0.480 e. The molecule has 0 radical (unpaired) electrons. The monoisotopic (exact) mass is 270 g/mol. The highest BCUT2D eigenvalue weighted by atomic mass is 16.4. The van der Waals surface area contributed by atoms with Crippen molar-refractivity contribution in [3.05, 3.63) is 0 Å². The van der Waals surface area contributed by atoms with E-state index < -0.39 is 12.0 Å². The Morgan fingerprint density at radius 2 is 1.84 bits per heavy atom. The molecule has 2 amide bonds. The highest BCUT2D eigenvalue weighted by molar-refractivity contribution is 5.82. The highest BCUT2D eigenvalue weighted by Crippen LogP contribution is 2.30. The fourth-order valence-corrected chi connectivity index (χ4v) is 2.03. The zero-order valence-electron chi connectivity index (χ0n) is 12.3. The molecular formula is C14H26N2O3. The van der Waals surface area contributed by atoms with Crippen molar-refractivity contribution < 1.29 is 14.7 Å². The van der Waals surface area contributed by atoms with Crippen molar-refractivity contribution in [1.82, 2.24) is 10.2 Å². The molecule has 1 atom stereocenters. The standard InChI is InChI=1S/C14H26N2O3/c1-9(2)7-12(13(17)18)15-14(19)16(10(3)4)8-11-5-6-11/h9-12H,5-8H2,1-4H3,(H,15,19)(H,17,18)/t12-/m1/s1. The van der Waals surface area contributed by atoms with Gasteiger partial charge >= 0.3 is 12.0 Å². The van der Waals surface area contributed by atoms with Crippen LogP contribution in [-0.4, -0.2) is 40.6 Å². The van der Waals surface area contributed by atoms with Gasteiger partial charge in [-0.3, -0.25) is 0 Å². The summed E-state index contributed by atoms with van der Waals surface area (Å²) in [6, 6.07) is -0.961. The Hall–Kier alpha value is -1.26. The van der Waals surface area contributed by atoms with E-state index in [0.717, 1.165) is 6.54 Å². The van der Waals surface area contributed by atoms with E-state index in [2.05, 4.69) is 5.32 Å². The third kappa shape index (κ3) is 5.49. The van der Waals surface area contributed by atoms with Crippen molar-refractivity contribution >= 4 is 12.0 Å². The van der Waals surface area contributed by atoms with Gasteiger partial charge in [-0.25, -0.2) is 9.59 Å². The number of hydrogen-bond acceptors (Lipinski definition) is 2. The Bertz CT molecular complexity index is 325. The lowest BCUT2D eigenvalue weighted by Crippen LogP contribution is -2.51. The number of aliphatic carboxylic acids is 1. The molecule has 5 nitrogen and oxygen atoms in total. The summed E-state index contributed by atoms with van der Waals surface area (Å²) in [5.41, 5.74) is 0. The lowest BCUT2D eigenvalue weighted by atomic mass is 10.0. The van der Waals surface area contributed by atoms with E-state index in [1.807, 2.05) is 27.7 Å². The second kappa shape index (κ2) is 6.78. The van der Waals surface area contributed by atoms with Crippen LogP contribution in [0.15, 0.2) is 0 Å². The summed E-state index contributed by atoms with van der Waals surface area (Å²) in [5.74, 6) is -0.129. The summed E-state index contributed by atoms with van der Waals surface area (Å²) < 4.78 is 0. The quantitative estimate of drug-likeness (QED) is 0.746. The first kappa shape index (κ1) is 15.8. The third-order valence-corrected chi connectivity index (χ3v) is 3.34. The second-order valence-corrected chi connectivity index (χ2v) is 6.16. The van der Waals surface area contributed by atoms with Gasteiger partial charge in [0, 0.05) is 12.6 Å². The Labute approximate surface area is 115 Å². The first-order chi connectivity index (χ1) is 8.81. The van der Waals surface area contributed by atoms with E-state index in [9.17, 15) is 9.59 Å². The number of urea groups is 1. The van der Waals surface area contributed by atoms with Crippen molar-refractivity contribution in [2.75, 3.05) is 6.54 Å². The number of amides is 2. The molecule has 0 heterocycles. The lowest BCUT2D eigenvalue weighted by molar-refractivity contribution is -0.139. The van der Waals surface area contributed by atoms with Gasteiger partial charge in [-0.1, -0.05) is 13.8 Å². The predicted octanol–water partition coefficient (Wildman–Crippen LogP) is 2.32. The molecule has 0 aromatic heterocycles. The smallest absolute Gasteiger partial charge is 0.326 e. The second-order valence-electron chi connectivity index (χ2n) is 6.16. The topological polar surface area (TPSA) is 69.6 Å². The van der Waals surface area contributed by atoms with E-state index in [-0.39, 0.29) is 18.0 Å². The van der Waals surface area contributed by atoms with E-state index >= 15 is 0 Å².